The first-order chi connectivity index (χ1) is 14.3. The average molecular weight is 446 g/mol. The Balaban J connectivity index is 1.79. The lowest BCUT2D eigenvalue weighted by molar-refractivity contribution is -0.118. The molecule has 8 heteroatoms. The Hall–Kier alpha value is -2.29. The van der Waals surface area contributed by atoms with Crippen LogP contribution in [0.3, 0.4) is 0 Å². The minimum Gasteiger partial charge on any atom is -0.309 e. The third-order valence-electron chi connectivity index (χ3n) is 4.74. The van der Waals surface area contributed by atoms with Crippen molar-refractivity contribution < 1.29 is 13.2 Å². The number of fused-ring (bicyclic) bond motifs is 1. The third-order valence-corrected chi connectivity index (χ3v) is 7.51. The number of aromatic nitrogens is 1. The van der Waals surface area contributed by atoms with Gasteiger partial charge in [0.2, 0.25) is 5.91 Å². The molecule has 6 nitrogen and oxygen atoms in total. The minimum atomic E-state index is -3.51. The van der Waals surface area contributed by atoms with Gasteiger partial charge >= 0.3 is 0 Å². The smallest absolute Gasteiger partial charge is 0.229 e. The van der Waals surface area contributed by atoms with Crippen LogP contribution in [-0.4, -0.2) is 57.1 Å². The molecule has 0 N–H and O–H groups in total. The molecule has 30 heavy (non-hydrogen) atoms. The van der Waals surface area contributed by atoms with E-state index in [9.17, 15) is 13.2 Å². The van der Waals surface area contributed by atoms with Crippen molar-refractivity contribution in [3.8, 4) is 0 Å². The summed E-state index contributed by atoms with van der Waals surface area (Å²) in [6.45, 7) is 3.35. The van der Waals surface area contributed by atoms with Crippen LogP contribution in [0.5, 0.6) is 0 Å². The standard InChI is InChI=1S/C22H27N3O3S2/c1-17-10-11-19-20(16-17)29-22(23-19)25(14-7-13-24(2)3)21(26)12-15-30(27,28)18-8-5-4-6-9-18/h4-6,8-11,16H,7,12-15H2,1-3H3. The van der Waals surface area contributed by atoms with Gasteiger partial charge in [-0.1, -0.05) is 35.6 Å². The molecular weight excluding hydrogens is 418 g/mol. The van der Waals surface area contributed by atoms with Gasteiger partial charge in [-0.05, 0) is 63.8 Å². The minimum absolute atomic E-state index is 0.0753. The van der Waals surface area contributed by atoms with Gasteiger partial charge in [0.15, 0.2) is 15.0 Å². The molecule has 3 rings (SSSR count). The highest BCUT2D eigenvalue weighted by Crippen LogP contribution is 2.30. The molecule has 0 radical (unpaired) electrons. The van der Waals surface area contributed by atoms with E-state index in [4.69, 9.17) is 0 Å². The summed E-state index contributed by atoms with van der Waals surface area (Å²) in [7, 11) is 0.462. The molecule has 2 aromatic carbocycles. The fourth-order valence-corrected chi connectivity index (χ4v) is 5.47. The molecule has 0 fully saturated rings. The van der Waals surface area contributed by atoms with E-state index in [0.29, 0.717) is 11.7 Å². The maximum atomic E-state index is 13.1. The summed E-state index contributed by atoms with van der Waals surface area (Å²) in [5.74, 6) is -0.437. The van der Waals surface area contributed by atoms with Crippen LogP contribution in [0.1, 0.15) is 18.4 Å². The summed E-state index contributed by atoms with van der Waals surface area (Å²) >= 11 is 1.47. The van der Waals surface area contributed by atoms with Gasteiger partial charge in [-0.3, -0.25) is 9.69 Å². The van der Waals surface area contributed by atoms with Crippen LogP contribution in [0.2, 0.25) is 0 Å². The van der Waals surface area contributed by atoms with Crippen molar-refractivity contribution in [3.63, 3.8) is 0 Å². The Morgan fingerprint density at radius 3 is 2.50 bits per heavy atom. The van der Waals surface area contributed by atoms with Crippen molar-refractivity contribution >= 4 is 42.4 Å². The van der Waals surface area contributed by atoms with Crippen LogP contribution in [-0.2, 0) is 14.6 Å². The molecule has 0 bridgehead atoms. The number of nitrogens with zero attached hydrogens (tertiary/aromatic N) is 3. The number of anilines is 1. The topological polar surface area (TPSA) is 70.6 Å². The molecule has 0 spiro atoms. The van der Waals surface area contributed by atoms with Gasteiger partial charge in [0, 0.05) is 13.0 Å². The largest absolute Gasteiger partial charge is 0.309 e. The number of hydrogen-bond donors (Lipinski definition) is 0. The predicted molar refractivity (Wildman–Crippen MR) is 123 cm³/mol. The zero-order valence-electron chi connectivity index (χ0n) is 17.5. The zero-order valence-corrected chi connectivity index (χ0v) is 19.2. The highest BCUT2D eigenvalue weighted by molar-refractivity contribution is 7.91. The first kappa shape index (κ1) is 22.4. The van der Waals surface area contributed by atoms with Gasteiger partial charge in [0.05, 0.1) is 20.9 Å². The first-order valence-corrected chi connectivity index (χ1v) is 12.3. The molecule has 3 aromatic rings. The van der Waals surface area contributed by atoms with E-state index in [1.165, 1.54) is 11.3 Å². The van der Waals surface area contributed by atoms with E-state index in [-0.39, 0.29) is 23.0 Å². The molecule has 0 saturated carbocycles. The summed E-state index contributed by atoms with van der Waals surface area (Å²) in [4.78, 5) is 21.6. The Morgan fingerprint density at radius 2 is 1.80 bits per heavy atom. The first-order valence-electron chi connectivity index (χ1n) is 9.86. The van der Waals surface area contributed by atoms with Crippen molar-refractivity contribution in [2.24, 2.45) is 0 Å². The molecule has 1 aromatic heterocycles. The maximum Gasteiger partial charge on any atom is 0.229 e. The summed E-state index contributed by atoms with van der Waals surface area (Å²) < 4.78 is 26.2. The second-order valence-electron chi connectivity index (χ2n) is 7.55. The van der Waals surface area contributed by atoms with E-state index < -0.39 is 9.84 Å². The van der Waals surface area contributed by atoms with E-state index in [1.807, 2.05) is 33.2 Å². The Morgan fingerprint density at radius 1 is 1.07 bits per heavy atom. The van der Waals surface area contributed by atoms with Gasteiger partial charge in [0.25, 0.3) is 0 Å². The Bertz CT molecular complexity index is 1110. The molecule has 0 saturated heterocycles. The molecule has 1 amide bonds. The quantitative estimate of drug-likeness (QED) is 0.502. The molecule has 0 unspecified atom stereocenters. The van der Waals surface area contributed by atoms with Gasteiger partial charge < -0.3 is 4.90 Å². The van der Waals surface area contributed by atoms with Gasteiger partial charge in [-0.2, -0.15) is 0 Å². The van der Waals surface area contributed by atoms with Crippen molar-refractivity contribution in [1.82, 2.24) is 9.88 Å². The summed E-state index contributed by atoms with van der Waals surface area (Å²) in [6, 6.07) is 14.3. The molecular formula is C22H27N3O3S2. The number of carbonyl (C=O) groups excluding carboxylic acids is 1. The van der Waals surface area contributed by atoms with E-state index >= 15 is 0 Å². The lowest BCUT2D eigenvalue weighted by atomic mass is 10.2. The lowest BCUT2D eigenvalue weighted by Gasteiger charge is -2.21. The van der Waals surface area contributed by atoms with Gasteiger partial charge in [-0.15, -0.1) is 0 Å². The zero-order chi connectivity index (χ0) is 21.7. The third kappa shape index (κ3) is 5.65. The number of aryl methyl sites for hydroxylation is 1. The van der Waals surface area contributed by atoms with Crippen molar-refractivity contribution in [2.75, 3.05) is 37.8 Å². The van der Waals surface area contributed by atoms with Crippen molar-refractivity contribution in [2.45, 2.75) is 24.7 Å². The van der Waals surface area contributed by atoms with E-state index in [0.717, 1.165) is 28.7 Å². The van der Waals surface area contributed by atoms with Crippen LogP contribution in [0.25, 0.3) is 10.2 Å². The van der Waals surface area contributed by atoms with Gasteiger partial charge in [0.1, 0.15) is 0 Å². The van der Waals surface area contributed by atoms with E-state index in [1.54, 1.807) is 35.2 Å². The van der Waals surface area contributed by atoms with Crippen molar-refractivity contribution in [3.05, 3.63) is 54.1 Å². The second-order valence-corrected chi connectivity index (χ2v) is 10.7. The average Bonchev–Trinajstić information content (AvgIpc) is 3.12. The molecule has 0 aliphatic heterocycles. The van der Waals surface area contributed by atoms with Crippen LogP contribution < -0.4 is 4.90 Å². The highest BCUT2D eigenvalue weighted by atomic mass is 32.2. The summed E-state index contributed by atoms with van der Waals surface area (Å²) in [6.07, 6.45) is 0.702. The lowest BCUT2D eigenvalue weighted by Crippen LogP contribution is -2.34. The number of thiazole rings is 1. The predicted octanol–water partition coefficient (Wildman–Crippen LogP) is 3.75. The van der Waals surface area contributed by atoms with Crippen molar-refractivity contribution in [1.29, 1.82) is 0 Å². The normalized spacial score (nSPS) is 11.9. The fraction of sp³-hybridized carbons (Fsp3) is 0.364. The molecule has 0 aliphatic carbocycles. The number of benzene rings is 2. The Kier molecular flexibility index (Phi) is 7.23. The summed E-state index contributed by atoms with van der Waals surface area (Å²) in [5.41, 5.74) is 1.99. The fourth-order valence-electron chi connectivity index (χ4n) is 3.11. The Labute approximate surface area is 182 Å². The highest BCUT2D eigenvalue weighted by Gasteiger charge is 2.23. The number of rotatable bonds is 9. The van der Waals surface area contributed by atoms with E-state index in [2.05, 4.69) is 16.0 Å². The van der Waals surface area contributed by atoms with Crippen LogP contribution in [0.15, 0.2) is 53.4 Å². The number of sulfone groups is 1. The second kappa shape index (κ2) is 9.68. The number of amides is 1. The molecule has 0 atom stereocenters. The maximum absolute atomic E-state index is 13.1. The SMILES string of the molecule is Cc1ccc2nc(N(CCCN(C)C)C(=O)CCS(=O)(=O)c3ccccc3)sc2c1. The number of carbonyl (C=O) groups is 1. The molecule has 0 aliphatic rings. The monoisotopic (exact) mass is 445 g/mol. The van der Waals surface area contributed by atoms with Crippen LogP contribution in [0, 0.1) is 6.92 Å². The summed E-state index contributed by atoms with van der Waals surface area (Å²) in [5, 5.41) is 0.622. The van der Waals surface area contributed by atoms with Crippen LogP contribution in [0.4, 0.5) is 5.13 Å². The molecule has 1 heterocycles. The van der Waals surface area contributed by atoms with Crippen LogP contribution >= 0.6 is 11.3 Å². The number of hydrogen-bond acceptors (Lipinski definition) is 6. The van der Waals surface area contributed by atoms with Gasteiger partial charge in [-0.25, -0.2) is 13.4 Å². The molecule has 160 valence electrons.